The fraction of sp³-hybridized carbons (Fsp3) is 0.150. The maximum Gasteiger partial charge on any atom is 0.333 e. The number of carbonyl (C=O) groups is 1. The Morgan fingerprint density at radius 2 is 1.96 bits per heavy atom. The molecule has 5 nitrogen and oxygen atoms in total. The first-order valence-electron chi connectivity index (χ1n) is 7.71. The molecule has 3 rings (SSSR count). The van der Waals surface area contributed by atoms with E-state index < -0.39 is 5.97 Å². The summed E-state index contributed by atoms with van der Waals surface area (Å²) in [5, 5.41) is 0.959. The van der Waals surface area contributed by atoms with Gasteiger partial charge in [-0.3, -0.25) is 0 Å². The molecule has 1 heterocycles. The molecule has 0 saturated heterocycles. The number of methoxy groups -OCH3 is 1. The van der Waals surface area contributed by atoms with Gasteiger partial charge in [-0.1, -0.05) is 6.58 Å². The Morgan fingerprint density at radius 3 is 2.68 bits per heavy atom. The van der Waals surface area contributed by atoms with Crippen LogP contribution in [0.5, 0.6) is 11.5 Å². The number of furan rings is 1. The van der Waals surface area contributed by atoms with Crippen LogP contribution in [0.4, 0.5) is 0 Å². The molecule has 3 aromatic rings. The van der Waals surface area contributed by atoms with Crippen LogP contribution in [-0.4, -0.2) is 19.9 Å². The lowest BCUT2D eigenvalue weighted by molar-refractivity contribution is -0.144. The summed E-state index contributed by atoms with van der Waals surface area (Å²) in [6, 6.07) is 13.3. The van der Waals surface area contributed by atoms with Gasteiger partial charge in [0.1, 0.15) is 22.8 Å². The molecule has 0 unspecified atom stereocenters. The number of rotatable bonds is 6. The number of hydrogen-bond acceptors (Lipinski definition) is 5. The van der Waals surface area contributed by atoms with E-state index in [2.05, 4.69) is 6.58 Å². The summed E-state index contributed by atoms with van der Waals surface area (Å²) in [7, 11) is 1.64. The zero-order chi connectivity index (χ0) is 17.8. The molecule has 0 bridgehead atoms. The van der Waals surface area contributed by atoms with E-state index in [1.165, 1.54) is 0 Å². The van der Waals surface area contributed by atoms with E-state index in [0.29, 0.717) is 11.3 Å². The summed E-state index contributed by atoms with van der Waals surface area (Å²) in [6.45, 7) is 5.15. The minimum atomic E-state index is -0.531. The lowest BCUT2D eigenvalue weighted by Gasteiger charge is -2.05. The van der Waals surface area contributed by atoms with Crippen molar-refractivity contribution in [1.29, 1.82) is 0 Å². The first-order valence-corrected chi connectivity index (χ1v) is 7.71. The lowest BCUT2D eigenvalue weighted by Crippen LogP contribution is -2.07. The number of esters is 1. The van der Waals surface area contributed by atoms with Gasteiger partial charge in [0.25, 0.3) is 0 Å². The van der Waals surface area contributed by atoms with Gasteiger partial charge in [0.2, 0.25) is 6.79 Å². The topological polar surface area (TPSA) is 57.9 Å². The number of hydrogen-bond donors (Lipinski definition) is 0. The van der Waals surface area contributed by atoms with Gasteiger partial charge in [-0.2, -0.15) is 0 Å². The van der Waals surface area contributed by atoms with E-state index in [1.54, 1.807) is 19.2 Å². The summed E-state index contributed by atoms with van der Waals surface area (Å²) >= 11 is 0. The molecule has 25 heavy (non-hydrogen) atoms. The summed E-state index contributed by atoms with van der Waals surface area (Å²) in [4.78, 5) is 11.0. The van der Waals surface area contributed by atoms with E-state index in [9.17, 15) is 4.79 Å². The van der Waals surface area contributed by atoms with E-state index in [1.807, 2.05) is 37.3 Å². The Kier molecular flexibility index (Phi) is 4.75. The third-order valence-corrected chi connectivity index (χ3v) is 3.78. The first-order chi connectivity index (χ1) is 12.1. The van der Waals surface area contributed by atoms with E-state index in [-0.39, 0.29) is 6.79 Å². The fourth-order valence-electron chi connectivity index (χ4n) is 2.49. The molecule has 0 saturated carbocycles. The number of carbonyl (C=O) groups excluding carboxylic acids is 1. The monoisotopic (exact) mass is 338 g/mol. The third-order valence-electron chi connectivity index (χ3n) is 3.78. The van der Waals surface area contributed by atoms with Crippen molar-refractivity contribution >= 4 is 16.9 Å². The van der Waals surface area contributed by atoms with Crippen LogP contribution in [0.15, 0.2) is 59.5 Å². The average Bonchev–Trinajstić information content (AvgIpc) is 3.04. The van der Waals surface area contributed by atoms with E-state index >= 15 is 0 Å². The van der Waals surface area contributed by atoms with Crippen molar-refractivity contribution in [3.63, 3.8) is 0 Å². The first kappa shape index (κ1) is 16.6. The largest absolute Gasteiger partial charge is 0.497 e. The molecular weight excluding hydrogens is 320 g/mol. The summed E-state index contributed by atoms with van der Waals surface area (Å²) in [5.41, 5.74) is 2.75. The lowest BCUT2D eigenvalue weighted by atomic mass is 10.1. The van der Waals surface area contributed by atoms with Gasteiger partial charge in [0.05, 0.1) is 7.11 Å². The Balaban J connectivity index is 1.83. The highest BCUT2D eigenvalue weighted by molar-refractivity contribution is 5.84. The molecule has 5 heteroatoms. The van der Waals surface area contributed by atoms with Gasteiger partial charge in [0.15, 0.2) is 0 Å². The van der Waals surface area contributed by atoms with Crippen LogP contribution >= 0.6 is 0 Å². The second-order valence-corrected chi connectivity index (χ2v) is 5.42. The molecule has 0 atom stereocenters. The van der Waals surface area contributed by atoms with Crippen LogP contribution in [0.1, 0.15) is 5.56 Å². The van der Waals surface area contributed by atoms with Crippen LogP contribution in [0.25, 0.3) is 22.3 Å². The van der Waals surface area contributed by atoms with Crippen molar-refractivity contribution in [3.8, 4) is 22.8 Å². The van der Waals surface area contributed by atoms with Crippen LogP contribution in [0.3, 0.4) is 0 Å². The zero-order valence-corrected chi connectivity index (χ0v) is 14.1. The molecule has 0 amide bonds. The van der Waals surface area contributed by atoms with E-state index in [0.717, 1.165) is 34.1 Å². The third kappa shape index (κ3) is 3.66. The Labute approximate surface area is 145 Å². The minimum absolute atomic E-state index is 0.179. The van der Waals surface area contributed by atoms with Gasteiger partial charge >= 0.3 is 5.97 Å². The summed E-state index contributed by atoms with van der Waals surface area (Å²) < 4.78 is 21.4. The molecule has 0 radical (unpaired) electrons. The summed E-state index contributed by atoms with van der Waals surface area (Å²) in [6.07, 6.45) is 1.09. The molecule has 128 valence electrons. The number of aryl methyl sites for hydroxylation is 1. The smallest absolute Gasteiger partial charge is 0.333 e. The SMILES string of the molecule is C=CC(=O)OCOc1ccc2cc(-c3ccc(OC)cc3C)oc2c1. The predicted octanol–water partition coefficient (Wildman–Crippen LogP) is 4.48. The van der Waals surface area contributed by atoms with Crippen LogP contribution in [-0.2, 0) is 9.53 Å². The minimum Gasteiger partial charge on any atom is -0.497 e. The molecule has 0 aliphatic carbocycles. The molecule has 0 N–H and O–H groups in total. The van der Waals surface area contributed by atoms with Crippen molar-refractivity contribution < 1.29 is 23.4 Å². The van der Waals surface area contributed by atoms with Crippen LogP contribution in [0.2, 0.25) is 0 Å². The maximum atomic E-state index is 11.0. The standard InChI is InChI=1S/C20H18O5/c1-4-20(21)24-12-23-16-6-5-14-10-19(25-18(14)11-16)17-8-7-15(22-3)9-13(17)2/h4-11H,1,12H2,2-3H3. The van der Waals surface area contributed by atoms with Gasteiger partial charge in [-0.15, -0.1) is 0 Å². The van der Waals surface area contributed by atoms with Gasteiger partial charge in [-0.25, -0.2) is 4.79 Å². The predicted molar refractivity (Wildman–Crippen MR) is 94.7 cm³/mol. The second kappa shape index (κ2) is 7.13. The van der Waals surface area contributed by atoms with Gasteiger partial charge in [0, 0.05) is 23.1 Å². The van der Waals surface area contributed by atoms with Crippen LogP contribution in [0, 0.1) is 6.92 Å². The Morgan fingerprint density at radius 1 is 1.16 bits per heavy atom. The number of benzene rings is 2. The highest BCUT2D eigenvalue weighted by Gasteiger charge is 2.10. The van der Waals surface area contributed by atoms with Crippen molar-refractivity contribution in [2.75, 3.05) is 13.9 Å². The number of fused-ring (bicyclic) bond motifs is 1. The second-order valence-electron chi connectivity index (χ2n) is 5.42. The summed E-state index contributed by atoms with van der Waals surface area (Å²) in [5.74, 6) is 1.60. The molecule has 0 aliphatic heterocycles. The van der Waals surface area contributed by atoms with Crippen molar-refractivity contribution in [2.45, 2.75) is 6.92 Å². The Hall–Kier alpha value is -3.21. The highest BCUT2D eigenvalue weighted by Crippen LogP contribution is 2.33. The van der Waals surface area contributed by atoms with Crippen molar-refractivity contribution in [2.24, 2.45) is 0 Å². The fourth-order valence-corrected chi connectivity index (χ4v) is 2.49. The van der Waals surface area contributed by atoms with Crippen molar-refractivity contribution in [1.82, 2.24) is 0 Å². The number of ether oxygens (including phenoxy) is 3. The molecule has 1 aromatic heterocycles. The molecule has 2 aromatic carbocycles. The normalized spacial score (nSPS) is 10.5. The Bertz CT molecular complexity index is 923. The molecule has 0 fully saturated rings. The highest BCUT2D eigenvalue weighted by atomic mass is 16.7. The molecular formula is C20H18O5. The molecule has 0 spiro atoms. The van der Waals surface area contributed by atoms with Crippen molar-refractivity contribution in [3.05, 3.63) is 60.7 Å². The average molecular weight is 338 g/mol. The van der Waals surface area contributed by atoms with Crippen LogP contribution < -0.4 is 9.47 Å². The quantitative estimate of drug-likeness (QED) is 0.377. The van der Waals surface area contributed by atoms with E-state index in [4.69, 9.17) is 18.6 Å². The zero-order valence-electron chi connectivity index (χ0n) is 14.1. The maximum absolute atomic E-state index is 11.0. The van der Waals surface area contributed by atoms with Gasteiger partial charge in [-0.05, 0) is 48.9 Å². The molecule has 0 aliphatic rings. The van der Waals surface area contributed by atoms with Gasteiger partial charge < -0.3 is 18.6 Å².